The van der Waals surface area contributed by atoms with Crippen LogP contribution in [0, 0.1) is 11.8 Å². The molecule has 1 aromatic carbocycles. The minimum absolute atomic E-state index is 0.178. The van der Waals surface area contributed by atoms with E-state index < -0.39 is 0 Å². The maximum absolute atomic E-state index is 12.8. The fourth-order valence-electron chi connectivity index (χ4n) is 3.52. The SMILES string of the molecule is C=C[C@H]1CNCCC1CCC(=O)c1ccnc2ccc(OC)cc12. The Labute approximate surface area is 142 Å². The fraction of sp³-hybridized carbons (Fsp3) is 0.400. The number of piperidine rings is 1. The molecular formula is C20H24N2O2. The summed E-state index contributed by atoms with van der Waals surface area (Å²) in [5, 5.41) is 4.26. The van der Waals surface area contributed by atoms with Gasteiger partial charge < -0.3 is 10.1 Å². The van der Waals surface area contributed by atoms with Gasteiger partial charge in [-0.15, -0.1) is 6.58 Å². The van der Waals surface area contributed by atoms with Gasteiger partial charge in [0, 0.05) is 30.1 Å². The average Bonchev–Trinajstić information content (AvgIpc) is 2.65. The zero-order valence-electron chi connectivity index (χ0n) is 14.1. The number of Topliss-reactive ketones (excluding diaryl/α,β-unsaturated/α-hetero) is 1. The van der Waals surface area contributed by atoms with Crippen LogP contribution in [0.4, 0.5) is 0 Å². The van der Waals surface area contributed by atoms with Crippen molar-refractivity contribution in [3.8, 4) is 5.75 Å². The first-order chi connectivity index (χ1) is 11.7. The molecule has 4 nitrogen and oxygen atoms in total. The van der Waals surface area contributed by atoms with E-state index in [0.717, 1.165) is 48.1 Å². The average molecular weight is 324 g/mol. The summed E-state index contributed by atoms with van der Waals surface area (Å²) in [6.45, 7) is 5.93. The Hall–Kier alpha value is -2.20. The van der Waals surface area contributed by atoms with Crippen molar-refractivity contribution in [3.63, 3.8) is 0 Å². The molecule has 126 valence electrons. The van der Waals surface area contributed by atoms with Crippen molar-refractivity contribution in [1.82, 2.24) is 10.3 Å². The van der Waals surface area contributed by atoms with Gasteiger partial charge in [-0.2, -0.15) is 0 Å². The van der Waals surface area contributed by atoms with Crippen LogP contribution in [0.5, 0.6) is 5.75 Å². The van der Waals surface area contributed by atoms with E-state index in [-0.39, 0.29) is 5.78 Å². The molecule has 0 aliphatic carbocycles. The molecule has 0 saturated carbocycles. The van der Waals surface area contributed by atoms with Crippen molar-refractivity contribution < 1.29 is 9.53 Å². The lowest BCUT2D eigenvalue weighted by molar-refractivity contribution is 0.0968. The summed E-state index contributed by atoms with van der Waals surface area (Å²) in [6, 6.07) is 7.48. The minimum Gasteiger partial charge on any atom is -0.497 e. The lowest BCUT2D eigenvalue weighted by atomic mass is 9.82. The van der Waals surface area contributed by atoms with Crippen molar-refractivity contribution in [1.29, 1.82) is 0 Å². The molecule has 1 unspecified atom stereocenters. The predicted molar refractivity (Wildman–Crippen MR) is 96.5 cm³/mol. The van der Waals surface area contributed by atoms with E-state index in [1.807, 2.05) is 30.3 Å². The maximum atomic E-state index is 12.8. The van der Waals surface area contributed by atoms with Crippen molar-refractivity contribution in [2.45, 2.75) is 19.3 Å². The van der Waals surface area contributed by atoms with Crippen LogP contribution in [-0.4, -0.2) is 31.0 Å². The summed E-state index contributed by atoms with van der Waals surface area (Å²) in [5.74, 6) is 1.92. The number of aromatic nitrogens is 1. The van der Waals surface area contributed by atoms with E-state index in [1.165, 1.54) is 0 Å². The number of hydrogen-bond donors (Lipinski definition) is 1. The largest absolute Gasteiger partial charge is 0.497 e. The van der Waals surface area contributed by atoms with E-state index in [2.05, 4.69) is 16.9 Å². The summed E-state index contributed by atoms with van der Waals surface area (Å²) >= 11 is 0. The summed E-state index contributed by atoms with van der Waals surface area (Å²) < 4.78 is 5.28. The third kappa shape index (κ3) is 3.49. The number of nitrogens with zero attached hydrogens (tertiary/aromatic N) is 1. The molecule has 2 atom stereocenters. The molecule has 2 heterocycles. The molecule has 3 rings (SSSR count). The van der Waals surface area contributed by atoms with Gasteiger partial charge in [-0.25, -0.2) is 0 Å². The molecule has 1 aliphatic rings. The van der Waals surface area contributed by atoms with Gasteiger partial charge in [0.25, 0.3) is 0 Å². The van der Waals surface area contributed by atoms with E-state index in [0.29, 0.717) is 18.3 Å². The van der Waals surface area contributed by atoms with E-state index in [9.17, 15) is 4.79 Å². The van der Waals surface area contributed by atoms with E-state index in [4.69, 9.17) is 4.74 Å². The van der Waals surface area contributed by atoms with Crippen molar-refractivity contribution in [3.05, 3.63) is 48.7 Å². The number of rotatable bonds is 6. The maximum Gasteiger partial charge on any atom is 0.163 e. The van der Waals surface area contributed by atoms with Gasteiger partial charge in [-0.1, -0.05) is 6.08 Å². The molecule has 0 amide bonds. The third-order valence-electron chi connectivity index (χ3n) is 4.97. The molecule has 0 bridgehead atoms. The number of methoxy groups -OCH3 is 1. The Balaban J connectivity index is 1.77. The minimum atomic E-state index is 0.178. The van der Waals surface area contributed by atoms with Gasteiger partial charge in [0.1, 0.15) is 5.75 Å². The standard InChI is InChI=1S/C20H24N2O2/c1-3-14-13-21-10-8-15(14)4-7-20(23)17-9-11-22-19-6-5-16(24-2)12-18(17)19/h3,5-6,9,11-12,14-15,21H,1,4,7-8,10,13H2,2H3/t14-,15?/m0/s1. The highest BCUT2D eigenvalue weighted by Gasteiger charge is 2.23. The zero-order valence-corrected chi connectivity index (χ0v) is 14.1. The van der Waals surface area contributed by atoms with E-state index >= 15 is 0 Å². The number of fused-ring (bicyclic) bond motifs is 1. The highest BCUT2D eigenvalue weighted by atomic mass is 16.5. The first kappa shape index (κ1) is 16.7. The highest BCUT2D eigenvalue weighted by Crippen LogP contribution is 2.28. The molecule has 1 fully saturated rings. The predicted octanol–water partition coefficient (Wildman–Crippen LogP) is 3.62. The number of nitrogens with one attached hydrogen (secondary N) is 1. The Kier molecular flexibility index (Phi) is 5.26. The summed E-state index contributed by atoms with van der Waals surface area (Å²) in [7, 11) is 1.63. The van der Waals surface area contributed by atoms with Crippen molar-refractivity contribution in [2.24, 2.45) is 11.8 Å². The van der Waals surface area contributed by atoms with Gasteiger partial charge >= 0.3 is 0 Å². The topological polar surface area (TPSA) is 51.2 Å². The number of hydrogen-bond acceptors (Lipinski definition) is 4. The third-order valence-corrected chi connectivity index (χ3v) is 4.97. The van der Waals surface area contributed by atoms with Crippen LogP contribution >= 0.6 is 0 Å². The summed E-state index contributed by atoms with van der Waals surface area (Å²) in [4.78, 5) is 17.1. The lowest BCUT2D eigenvalue weighted by Crippen LogP contribution is -2.35. The molecule has 4 heteroatoms. The second-order valence-corrected chi connectivity index (χ2v) is 6.36. The number of carbonyl (C=O) groups excluding carboxylic acids is 1. The number of ketones is 1. The zero-order chi connectivity index (χ0) is 16.9. The first-order valence-corrected chi connectivity index (χ1v) is 8.52. The smallest absolute Gasteiger partial charge is 0.163 e. The number of benzene rings is 1. The normalized spacial score (nSPS) is 20.7. The van der Waals surface area contributed by atoms with Crippen LogP contribution in [0.2, 0.25) is 0 Å². The molecule has 0 radical (unpaired) electrons. The highest BCUT2D eigenvalue weighted by molar-refractivity contribution is 6.07. The molecule has 1 aromatic heterocycles. The summed E-state index contributed by atoms with van der Waals surface area (Å²) in [6.07, 6.45) is 6.30. The monoisotopic (exact) mass is 324 g/mol. The second kappa shape index (κ2) is 7.58. The number of ether oxygens (including phenoxy) is 1. The number of carbonyl (C=O) groups is 1. The van der Waals surface area contributed by atoms with Crippen LogP contribution < -0.4 is 10.1 Å². The molecule has 0 spiro atoms. The van der Waals surface area contributed by atoms with Crippen LogP contribution in [0.1, 0.15) is 29.6 Å². The molecule has 1 aliphatic heterocycles. The van der Waals surface area contributed by atoms with Crippen LogP contribution in [0.3, 0.4) is 0 Å². The second-order valence-electron chi connectivity index (χ2n) is 6.36. The van der Waals surface area contributed by atoms with Gasteiger partial charge in [-0.05, 0) is 55.5 Å². The van der Waals surface area contributed by atoms with Gasteiger partial charge in [0.15, 0.2) is 5.78 Å². The first-order valence-electron chi connectivity index (χ1n) is 8.52. The van der Waals surface area contributed by atoms with Crippen molar-refractivity contribution in [2.75, 3.05) is 20.2 Å². The molecule has 24 heavy (non-hydrogen) atoms. The molecule has 1 N–H and O–H groups in total. The fourth-order valence-corrected chi connectivity index (χ4v) is 3.52. The Morgan fingerprint density at radius 3 is 3.12 bits per heavy atom. The Morgan fingerprint density at radius 2 is 2.33 bits per heavy atom. The van der Waals surface area contributed by atoms with Crippen LogP contribution in [-0.2, 0) is 0 Å². The van der Waals surface area contributed by atoms with Gasteiger partial charge in [-0.3, -0.25) is 9.78 Å². The van der Waals surface area contributed by atoms with Gasteiger partial charge in [0.2, 0.25) is 0 Å². The molecular weight excluding hydrogens is 300 g/mol. The van der Waals surface area contributed by atoms with Gasteiger partial charge in [0.05, 0.1) is 12.6 Å². The quantitative estimate of drug-likeness (QED) is 0.651. The van der Waals surface area contributed by atoms with Crippen LogP contribution in [0.25, 0.3) is 10.9 Å². The van der Waals surface area contributed by atoms with Crippen LogP contribution in [0.15, 0.2) is 43.1 Å². The molecule has 2 aromatic rings. The van der Waals surface area contributed by atoms with E-state index in [1.54, 1.807) is 13.3 Å². The lowest BCUT2D eigenvalue weighted by Gasteiger charge is -2.29. The van der Waals surface area contributed by atoms with Crippen molar-refractivity contribution >= 4 is 16.7 Å². The molecule has 1 saturated heterocycles. The Bertz CT molecular complexity index is 741. The summed E-state index contributed by atoms with van der Waals surface area (Å²) in [5.41, 5.74) is 1.57. The Morgan fingerprint density at radius 1 is 1.46 bits per heavy atom. The number of pyridine rings is 1.